The molecule has 21 heavy (non-hydrogen) atoms. The van der Waals surface area contributed by atoms with Crippen molar-refractivity contribution in [3.05, 3.63) is 34.6 Å². The van der Waals surface area contributed by atoms with Gasteiger partial charge in [0.15, 0.2) is 0 Å². The number of piperidine rings is 1. The van der Waals surface area contributed by atoms with Crippen molar-refractivity contribution in [2.45, 2.75) is 32.7 Å². The maximum Gasteiger partial charge on any atom is 0.224 e. The number of nitrogens with zero attached hydrogens (tertiary/aromatic N) is 1. The summed E-state index contributed by atoms with van der Waals surface area (Å²) in [4.78, 5) is 14.2. The number of rotatable bonds is 5. The first-order valence-corrected chi connectivity index (χ1v) is 7.92. The fourth-order valence-corrected chi connectivity index (χ4v) is 2.94. The standard InChI is InChI=1S/C16H22ClFN2O/c1-2-8-19-16(21)12-5-4-9-20(10-12)11-13-14(17)6-3-7-15(13)18/h3,6-7,12H,2,4-5,8-11H2,1H3,(H,19,21). The van der Waals surface area contributed by atoms with Gasteiger partial charge in [0.25, 0.3) is 0 Å². The van der Waals surface area contributed by atoms with Gasteiger partial charge >= 0.3 is 0 Å². The maximum atomic E-state index is 13.8. The van der Waals surface area contributed by atoms with Crippen LogP contribution in [0.3, 0.4) is 0 Å². The molecule has 0 saturated carbocycles. The van der Waals surface area contributed by atoms with E-state index < -0.39 is 0 Å². The Morgan fingerprint density at radius 1 is 1.52 bits per heavy atom. The lowest BCUT2D eigenvalue weighted by Gasteiger charge is -2.32. The van der Waals surface area contributed by atoms with Gasteiger partial charge in [0.05, 0.1) is 5.92 Å². The van der Waals surface area contributed by atoms with Crippen molar-refractivity contribution >= 4 is 17.5 Å². The number of carbonyl (C=O) groups is 1. The van der Waals surface area contributed by atoms with Gasteiger partial charge in [-0.1, -0.05) is 24.6 Å². The first kappa shape index (κ1) is 16.2. The first-order valence-electron chi connectivity index (χ1n) is 7.54. The van der Waals surface area contributed by atoms with Crippen LogP contribution >= 0.6 is 11.6 Å². The minimum atomic E-state index is -0.278. The van der Waals surface area contributed by atoms with Gasteiger partial charge in [0, 0.05) is 30.2 Å². The van der Waals surface area contributed by atoms with Gasteiger partial charge < -0.3 is 5.32 Å². The van der Waals surface area contributed by atoms with Gasteiger partial charge in [0.2, 0.25) is 5.91 Å². The number of benzene rings is 1. The quantitative estimate of drug-likeness (QED) is 0.905. The van der Waals surface area contributed by atoms with Crippen molar-refractivity contribution in [2.24, 2.45) is 5.92 Å². The third-order valence-corrected chi connectivity index (χ3v) is 4.22. The van der Waals surface area contributed by atoms with Crippen molar-refractivity contribution in [1.82, 2.24) is 10.2 Å². The molecule has 1 N–H and O–H groups in total. The normalized spacial score (nSPS) is 19.5. The Bertz CT molecular complexity index is 475. The zero-order valence-corrected chi connectivity index (χ0v) is 13.1. The molecule has 0 aromatic heterocycles. The van der Waals surface area contributed by atoms with Crippen molar-refractivity contribution in [2.75, 3.05) is 19.6 Å². The Labute approximate surface area is 130 Å². The number of hydrogen-bond donors (Lipinski definition) is 1. The summed E-state index contributed by atoms with van der Waals surface area (Å²) in [5.41, 5.74) is 0.522. The summed E-state index contributed by atoms with van der Waals surface area (Å²) in [5, 5.41) is 3.39. The van der Waals surface area contributed by atoms with Gasteiger partial charge in [-0.15, -0.1) is 0 Å². The SMILES string of the molecule is CCCNC(=O)C1CCCN(Cc2c(F)cccc2Cl)C1. The molecule has 1 amide bonds. The van der Waals surface area contributed by atoms with E-state index in [-0.39, 0.29) is 17.6 Å². The lowest BCUT2D eigenvalue weighted by molar-refractivity contribution is -0.126. The van der Waals surface area contributed by atoms with E-state index in [1.165, 1.54) is 6.07 Å². The molecule has 1 unspecified atom stereocenters. The molecule has 0 aliphatic carbocycles. The second-order valence-corrected chi connectivity index (χ2v) is 5.97. The van der Waals surface area contributed by atoms with Gasteiger partial charge in [-0.25, -0.2) is 4.39 Å². The molecule has 1 fully saturated rings. The number of likely N-dealkylation sites (tertiary alicyclic amines) is 1. The van der Waals surface area contributed by atoms with E-state index in [0.29, 0.717) is 30.2 Å². The molecule has 1 aliphatic heterocycles. The number of nitrogens with one attached hydrogen (secondary N) is 1. The first-order chi connectivity index (χ1) is 10.1. The number of hydrogen-bond acceptors (Lipinski definition) is 2. The molecule has 0 bridgehead atoms. The highest BCUT2D eigenvalue weighted by Gasteiger charge is 2.26. The molecular weight excluding hydrogens is 291 g/mol. The topological polar surface area (TPSA) is 32.3 Å². The minimum Gasteiger partial charge on any atom is -0.356 e. The number of carbonyl (C=O) groups excluding carboxylic acids is 1. The molecule has 1 atom stereocenters. The zero-order chi connectivity index (χ0) is 15.2. The summed E-state index contributed by atoms with van der Waals surface area (Å²) in [6.07, 6.45) is 2.79. The third-order valence-electron chi connectivity index (χ3n) is 3.87. The van der Waals surface area contributed by atoms with Crippen LogP contribution in [0.5, 0.6) is 0 Å². The molecule has 1 saturated heterocycles. The van der Waals surface area contributed by atoms with Crippen LogP contribution < -0.4 is 5.32 Å². The highest BCUT2D eigenvalue weighted by atomic mass is 35.5. The van der Waals surface area contributed by atoms with Crippen LogP contribution in [0.2, 0.25) is 5.02 Å². The van der Waals surface area contributed by atoms with Crippen LogP contribution in [0.15, 0.2) is 18.2 Å². The predicted octanol–water partition coefficient (Wildman–Crippen LogP) is 3.22. The van der Waals surface area contributed by atoms with Crippen LogP contribution in [0.4, 0.5) is 4.39 Å². The van der Waals surface area contributed by atoms with E-state index >= 15 is 0 Å². The Morgan fingerprint density at radius 3 is 3.05 bits per heavy atom. The summed E-state index contributed by atoms with van der Waals surface area (Å²) < 4.78 is 13.8. The predicted molar refractivity (Wildman–Crippen MR) is 82.7 cm³/mol. The van der Waals surface area contributed by atoms with Crippen molar-refractivity contribution in [3.8, 4) is 0 Å². The lowest BCUT2D eigenvalue weighted by atomic mass is 9.96. The monoisotopic (exact) mass is 312 g/mol. The molecule has 0 radical (unpaired) electrons. The van der Waals surface area contributed by atoms with Crippen LogP contribution in [-0.4, -0.2) is 30.4 Å². The van der Waals surface area contributed by atoms with E-state index in [1.807, 2.05) is 6.92 Å². The van der Waals surface area contributed by atoms with Gasteiger partial charge in [-0.2, -0.15) is 0 Å². The highest BCUT2D eigenvalue weighted by Crippen LogP contribution is 2.24. The molecule has 3 nitrogen and oxygen atoms in total. The van der Waals surface area contributed by atoms with E-state index in [0.717, 1.165) is 25.8 Å². The minimum absolute atomic E-state index is 0.00384. The smallest absolute Gasteiger partial charge is 0.224 e. The maximum absolute atomic E-state index is 13.8. The molecule has 1 aliphatic rings. The van der Waals surface area contributed by atoms with Crippen LogP contribution in [0, 0.1) is 11.7 Å². The van der Waals surface area contributed by atoms with Crippen molar-refractivity contribution < 1.29 is 9.18 Å². The second kappa shape index (κ2) is 7.76. The van der Waals surface area contributed by atoms with Crippen LogP contribution in [0.1, 0.15) is 31.7 Å². The lowest BCUT2D eigenvalue weighted by Crippen LogP contribution is -2.43. The van der Waals surface area contributed by atoms with Crippen molar-refractivity contribution in [3.63, 3.8) is 0 Å². The van der Waals surface area contributed by atoms with Crippen molar-refractivity contribution in [1.29, 1.82) is 0 Å². The summed E-state index contributed by atoms with van der Waals surface area (Å²) in [7, 11) is 0. The largest absolute Gasteiger partial charge is 0.356 e. The third kappa shape index (κ3) is 4.42. The molecule has 1 heterocycles. The number of halogens is 2. The highest BCUT2D eigenvalue weighted by molar-refractivity contribution is 6.31. The molecule has 116 valence electrons. The summed E-state index contributed by atoms with van der Waals surface area (Å²) in [5.74, 6) is -0.169. The summed E-state index contributed by atoms with van der Waals surface area (Å²) in [6.45, 7) is 4.76. The summed E-state index contributed by atoms with van der Waals surface area (Å²) >= 11 is 6.07. The van der Waals surface area contributed by atoms with E-state index in [1.54, 1.807) is 12.1 Å². The molecule has 0 spiro atoms. The average Bonchev–Trinajstić information content (AvgIpc) is 2.49. The zero-order valence-electron chi connectivity index (χ0n) is 12.4. The van der Waals surface area contributed by atoms with Gasteiger partial charge in [-0.3, -0.25) is 9.69 Å². The summed E-state index contributed by atoms with van der Waals surface area (Å²) in [6, 6.07) is 4.74. The Balaban J connectivity index is 1.96. The molecule has 5 heteroatoms. The molecule has 2 rings (SSSR count). The van der Waals surface area contributed by atoms with Gasteiger partial charge in [-0.05, 0) is 37.9 Å². The second-order valence-electron chi connectivity index (χ2n) is 5.57. The van der Waals surface area contributed by atoms with Gasteiger partial charge in [0.1, 0.15) is 5.82 Å². The molecule has 1 aromatic carbocycles. The Kier molecular flexibility index (Phi) is 6.00. The molecule has 1 aromatic rings. The fraction of sp³-hybridized carbons (Fsp3) is 0.562. The molecular formula is C16H22ClFN2O. The van der Waals surface area contributed by atoms with Crippen LogP contribution in [0.25, 0.3) is 0 Å². The fourth-order valence-electron chi connectivity index (χ4n) is 2.71. The van der Waals surface area contributed by atoms with Crippen LogP contribution in [-0.2, 0) is 11.3 Å². The van der Waals surface area contributed by atoms with E-state index in [9.17, 15) is 9.18 Å². The Morgan fingerprint density at radius 2 is 2.33 bits per heavy atom. The van der Waals surface area contributed by atoms with E-state index in [2.05, 4.69) is 10.2 Å². The Hall–Kier alpha value is -1.13. The average molecular weight is 313 g/mol. The van der Waals surface area contributed by atoms with E-state index in [4.69, 9.17) is 11.6 Å². The number of amides is 1.